The molecule has 5 rings (SSSR count). The molecule has 0 heterocycles. The van der Waals surface area contributed by atoms with Crippen molar-refractivity contribution in [2.24, 2.45) is 0 Å². The largest absolute Gasteiger partial charge is 0.481 e. The topological polar surface area (TPSA) is 87.7 Å². The molecule has 0 aliphatic carbocycles. The van der Waals surface area contributed by atoms with Crippen LogP contribution in [0.5, 0.6) is 11.5 Å². The van der Waals surface area contributed by atoms with Crippen LogP contribution in [0.2, 0.25) is 5.02 Å². The molecule has 228 valence electrons. The SMILES string of the molecule is O=C(O)CC(NC(=O)c1cc(Cl)ccc1Nc1ccc(C(F)(F)F)cc1)c1ccc(-c2ccccc2Oc2ccccc2)cc1. The minimum absolute atomic E-state index is 0.0846. The molecule has 45 heavy (non-hydrogen) atoms. The molecular weight excluding hydrogens is 605 g/mol. The second-order valence-electron chi connectivity index (χ2n) is 10.0. The first-order valence-electron chi connectivity index (χ1n) is 13.8. The summed E-state index contributed by atoms with van der Waals surface area (Å²) in [5, 5.41) is 15.6. The Balaban J connectivity index is 1.37. The normalized spacial score (nSPS) is 11.8. The summed E-state index contributed by atoms with van der Waals surface area (Å²) in [6.45, 7) is 0. The molecule has 0 aliphatic rings. The van der Waals surface area contributed by atoms with Gasteiger partial charge in [0.2, 0.25) is 0 Å². The highest BCUT2D eigenvalue weighted by Crippen LogP contribution is 2.35. The van der Waals surface area contributed by atoms with Gasteiger partial charge in [0.25, 0.3) is 5.91 Å². The zero-order valence-electron chi connectivity index (χ0n) is 23.5. The molecule has 0 spiro atoms. The number of nitrogens with one attached hydrogen (secondary N) is 2. The average molecular weight is 631 g/mol. The third-order valence-electron chi connectivity index (χ3n) is 6.88. The fourth-order valence-electron chi connectivity index (χ4n) is 4.68. The summed E-state index contributed by atoms with van der Waals surface area (Å²) in [4.78, 5) is 25.3. The zero-order valence-corrected chi connectivity index (χ0v) is 24.3. The third-order valence-corrected chi connectivity index (χ3v) is 7.12. The Bertz CT molecular complexity index is 1800. The van der Waals surface area contributed by atoms with E-state index in [4.69, 9.17) is 16.3 Å². The summed E-state index contributed by atoms with van der Waals surface area (Å²) in [6.07, 6.45) is -4.89. The molecule has 0 bridgehead atoms. The third kappa shape index (κ3) is 8.01. The number of hydrogen-bond acceptors (Lipinski definition) is 4. The van der Waals surface area contributed by atoms with Crippen LogP contribution in [0.25, 0.3) is 11.1 Å². The Hall–Kier alpha value is -5.28. The number of carboxylic acids is 1. The van der Waals surface area contributed by atoms with Crippen LogP contribution in [-0.2, 0) is 11.0 Å². The van der Waals surface area contributed by atoms with Gasteiger partial charge in [-0.3, -0.25) is 9.59 Å². The summed E-state index contributed by atoms with van der Waals surface area (Å²) in [5.74, 6) is -0.427. The van der Waals surface area contributed by atoms with E-state index in [0.717, 1.165) is 23.3 Å². The Labute approximate surface area is 262 Å². The number of amides is 1. The summed E-state index contributed by atoms with van der Waals surface area (Å²) < 4.78 is 45.0. The van der Waals surface area contributed by atoms with Crippen molar-refractivity contribution in [1.82, 2.24) is 5.32 Å². The number of halogens is 4. The lowest BCUT2D eigenvalue weighted by Crippen LogP contribution is -2.30. The predicted octanol–water partition coefficient (Wildman–Crippen LogP) is 9.51. The predicted molar refractivity (Wildman–Crippen MR) is 167 cm³/mol. The maximum Gasteiger partial charge on any atom is 0.416 e. The Morgan fingerprint density at radius 3 is 2.16 bits per heavy atom. The second-order valence-corrected chi connectivity index (χ2v) is 10.5. The molecule has 1 atom stereocenters. The van der Waals surface area contributed by atoms with Crippen LogP contribution in [0.15, 0.2) is 121 Å². The molecule has 0 fully saturated rings. The lowest BCUT2D eigenvalue weighted by molar-refractivity contribution is -0.138. The van der Waals surface area contributed by atoms with Crippen LogP contribution in [-0.4, -0.2) is 17.0 Å². The fraction of sp³-hybridized carbons (Fsp3) is 0.0857. The zero-order chi connectivity index (χ0) is 32.0. The van der Waals surface area contributed by atoms with Crippen molar-refractivity contribution in [1.29, 1.82) is 0 Å². The van der Waals surface area contributed by atoms with E-state index in [1.165, 1.54) is 30.3 Å². The van der Waals surface area contributed by atoms with E-state index in [9.17, 15) is 27.9 Å². The molecule has 3 N–H and O–H groups in total. The number of hydrogen-bond donors (Lipinski definition) is 3. The quantitative estimate of drug-likeness (QED) is 0.143. The number of benzene rings is 5. The van der Waals surface area contributed by atoms with Crippen LogP contribution < -0.4 is 15.4 Å². The highest BCUT2D eigenvalue weighted by Gasteiger charge is 2.30. The first-order chi connectivity index (χ1) is 21.6. The monoisotopic (exact) mass is 630 g/mol. The summed E-state index contributed by atoms with van der Waals surface area (Å²) in [7, 11) is 0. The number of carboxylic acid groups (broad SMARTS) is 1. The number of alkyl halides is 3. The first kappa shape index (κ1) is 31.2. The van der Waals surface area contributed by atoms with Gasteiger partial charge in [-0.1, -0.05) is 72.3 Å². The van der Waals surface area contributed by atoms with Gasteiger partial charge >= 0.3 is 12.1 Å². The number of para-hydroxylation sites is 2. The summed E-state index contributed by atoms with van der Waals surface area (Å²) in [6, 6.07) is 31.9. The molecule has 10 heteroatoms. The van der Waals surface area contributed by atoms with Crippen molar-refractivity contribution in [3.63, 3.8) is 0 Å². The van der Waals surface area contributed by atoms with Crippen molar-refractivity contribution in [2.75, 3.05) is 5.32 Å². The summed E-state index contributed by atoms with van der Waals surface area (Å²) >= 11 is 6.18. The number of anilines is 2. The van der Waals surface area contributed by atoms with Gasteiger partial charge in [-0.15, -0.1) is 0 Å². The maximum atomic E-state index is 13.5. The molecule has 1 unspecified atom stereocenters. The van der Waals surface area contributed by atoms with E-state index in [2.05, 4.69) is 10.6 Å². The lowest BCUT2D eigenvalue weighted by Gasteiger charge is -2.20. The molecule has 5 aromatic rings. The Morgan fingerprint density at radius 1 is 0.822 bits per heavy atom. The van der Waals surface area contributed by atoms with Gasteiger partial charge in [0.15, 0.2) is 0 Å². The van der Waals surface area contributed by atoms with Crippen molar-refractivity contribution < 1.29 is 32.6 Å². The second kappa shape index (κ2) is 13.6. The Kier molecular flexibility index (Phi) is 9.39. The highest BCUT2D eigenvalue weighted by molar-refractivity contribution is 6.31. The van der Waals surface area contributed by atoms with E-state index >= 15 is 0 Å². The first-order valence-corrected chi connectivity index (χ1v) is 14.1. The highest BCUT2D eigenvalue weighted by atomic mass is 35.5. The maximum absolute atomic E-state index is 13.5. The van der Waals surface area contributed by atoms with Crippen LogP contribution in [0, 0.1) is 0 Å². The molecule has 0 radical (unpaired) electrons. The standard InChI is InChI=1S/C35H26ClF3N2O4/c36-25-16-19-30(40-26-17-14-24(15-18-26)35(37,38)39)29(20-25)34(44)41-31(21-33(42)43)23-12-10-22(11-13-23)28-8-4-5-9-32(28)45-27-6-2-1-3-7-27/h1-20,31,40H,21H2,(H,41,44)(H,42,43). The number of carbonyl (C=O) groups excluding carboxylic acids is 1. The minimum Gasteiger partial charge on any atom is -0.481 e. The molecule has 0 saturated carbocycles. The number of carbonyl (C=O) groups is 2. The molecule has 6 nitrogen and oxygen atoms in total. The molecule has 5 aromatic carbocycles. The Morgan fingerprint density at radius 2 is 1.49 bits per heavy atom. The van der Waals surface area contributed by atoms with Gasteiger partial charge in [-0.25, -0.2) is 0 Å². The van der Waals surface area contributed by atoms with Crippen molar-refractivity contribution in [2.45, 2.75) is 18.6 Å². The molecular formula is C35H26ClF3N2O4. The molecule has 0 aromatic heterocycles. The number of ether oxygens (including phenoxy) is 1. The molecule has 0 aliphatic heterocycles. The van der Waals surface area contributed by atoms with Crippen LogP contribution in [0.1, 0.15) is 33.9 Å². The van der Waals surface area contributed by atoms with E-state index < -0.39 is 36.1 Å². The van der Waals surface area contributed by atoms with E-state index in [-0.39, 0.29) is 16.3 Å². The van der Waals surface area contributed by atoms with Crippen LogP contribution in [0.3, 0.4) is 0 Å². The van der Waals surface area contributed by atoms with Gasteiger partial charge in [0, 0.05) is 16.3 Å². The summed E-state index contributed by atoms with van der Waals surface area (Å²) in [5.41, 5.74) is 2.06. The molecule has 0 saturated heterocycles. The van der Waals surface area contributed by atoms with Crippen LogP contribution >= 0.6 is 11.6 Å². The van der Waals surface area contributed by atoms with Gasteiger partial charge < -0.3 is 20.5 Å². The number of aliphatic carboxylic acids is 1. The van der Waals surface area contributed by atoms with E-state index in [1.54, 1.807) is 12.1 Å². The minimum atomic E-state index is -4.49. The van der Waals surface area contributed by atoms with E-state index in [1.807, 2.05) is 66.7 Å². The molecule has 1 amide bonds. The average Bonchev–Trinajstić information content (AvgIpc) is 3.02. The van der Waals surface area contributed by atoms with Crippen LogP contribution in [0.4, 0.5) is 24.5 Å². The smallest absolute Gasteiger partial charge is 0.416 e. The van der Waals surface area contributed by atoms with E-state index in [0.29, 0.717) is 22.7 Å². The van der Waals surface area contributed by atoms with Gasteiger partial charge in [0.05, 0.1) is 29.3 Å². The van der Waals surface area contributed by atoms with Crippen molar-refractivity contribution in [3.8, 4) is 22.6 Å². The van der Waals surface area contributed by atoms with Gasteiger partial charge in [0.1, 0.15) is 11.5 Å². The van der Waals surface area contributed by atoms with Gasteiger partial charge in [-0.2, -0.15) is 13.2 Å². The lowest BCUT2D eigenvalue weighted by atomic mass is 9.98. The van der Waals surface area contributed by atoms with Crippen molar-refractivity contribution in [3.05, 3.63) is 143 Å². The number of rotatable bonds is 10. The fourth-order valence-corrected chi connectivity index (χ4v) is 4.85. The van der Waals surface area contributed by atoms with Gasteiger partial charge in [-0.05, 0) is 71.8 Å². The van der Waals surface area contributed by atoms with Crippen molar-refractivity contribution >= 4 is 34.9 Å².